The molecule has 2 aromatic carbocycles. The number of hydrogen-bond acceptors (Lipinski definition) is 4. The third-order valence-electron chi connectivity index (χ3n) is 5.44. The van der Waals surface area contributed by atoms with Gasteiger partial charge in [0.1, 0.15) is 0 Å². The molecule has 0 bridgehead atoms. The Hall–Kier alpha value is -2.95. The van der Waals surface area contributed by atoms with Crippen LogP contribution in [0, 0.1) is 0 Å². The van der Waals surface area contributed by atoms with E-state index in [1.807, 2.05) is 24.3 Å². The van der Waals surface area contributed by atoms with Crippen molar-refractivity contribution in [2.45, 2.75) is 59.3 Å². The minimum absolute atomic E-state index is 0.170. The number of anilines is 1. The number of imide groups is 1. The number of nitrogens with zero attached hydrogens (tertiary/aromatic N) is 1. The average molecular weight is 408 g/mol. The summed E-state index contributed by atoms with van der Waals surface area (Å²) in [7, 11) is 0. The Bertz CT molecular complexity index is 964. The number of rotatable bonds is 7. The number of para-hydroxylation sites is 1. The first-order valence-corrected chi connectivity index (χ1v) is 10.6. The van der Waals surface area contributed by atoms with Gasteiger partial charge in [-0.05, 0) is 54.0 Å². The Morgan fingerprint density at radius 1 is 0.933 bits per heavy atom. The second kappa shape index (κ2) is 8.82. The maximum atomic E-state index is 13.4. The molecule has 0 atom stereocenters. The van der Waals surface area contributed by atoms with Gasteiger partial charge in [0.15, 0.2) is 0 Å². The molecule has 5 heteroatoms. The highest BCUT2D eigenvalue weighted by molar-refractivity contribution is 6.35. The monoisotopic (exact) mass is 407 g/mol. The molecule has 0 fully saturated rings. The van der Waals surface area contributed by atoms with Crippen LogP contribution in [0.15, 0.2) is 36.4 Å². The quantitative estimate of drug-likeness (QED) is 0.466. The molecule has 2 amide bonds. The first-order valence-electron chi connectivity index (χ1n) is 10.6. The van der Waals surface area contributed by atoms with Crippen molar-refractivity contribution in [2.75, 3.05) is 11.5 Å². The van der Waals surface area contributed by atoms with Crippen molar-refractivity contribution in [1.29, 1.82) is 0 Å². The maximum absolute atomic E-state index is 13.4. The molecule has 0 saturated heterocycles. The zero-order valence-electron chi connectivity index (χ0n) is 18.3. The van der Waals surface area contributed by atoms with Crippen LogP contribution in [0.5, 0.6) is 0 Å². The highest BCUT2D eigenvalue weighted by atomic mass is 16.5. The second-order valence-electron chi connectivity index (χ2n) is 8.23. The standard InChI is InChI=1S/C25H29NO4/c1-6-30-22(27)13-11-17-10-12-20-21(14-17)25(29)26(24(20)28)23-18(15(2)3)8-7-9-19(23)16(4)5/h7-10,12,14-16H,6,11,13H2,1-5H3. The average Bonchev–Trinajstić information content (AvgIpc) is 2.95. The van der Waals surface area contributed by atoms with Gasteiger partial charge in [-0.3, -0.25) is 14.4 Å². The third-order valence-corrected chi connectivity index (χ3v) is 5.44. The normalized spacial score (nSPS) is 13.4. The molecule has 0 N–H and O–H groups in total. The number of fused-ring (bicyclic) bond motifs is 1. The molecule has 0 unspecified atom stereocenters. The van der Waals surface area contributed by atoms with Gasteiger partial charge in [0.2, 0.25) is 0 Å². The number of carbonyl (C=O) groups is 3. The van der Waals surface area contributed by atoms with Gasteiger partial charge in [-0.15, -0.1) is 0 Å². The van der Waals surface area contributed by atoms with Crippen molar-refractivity contribution in [3.63, 3.8) is 0 Å². The van der Waals surface area contributed by atoms with E-state index < -0.39 is 0 Å². The van der Waals surface area contributed by atoms with Gasteiger partial charge < -0.3 is 4.74 Å². The molecule has 0 aliphatic carbocycles. The summed E-state index contributed by atoms with van der Waals surface area (Å²) in [6.45, 7) is 10.4. The molecular formula is C25H29NO4. The van der Waals surface area contributed by atoms with Crippen molar-refractivity contribution >= 4 is 23.5 Å². The van der Waals surface area contributed by atoms with Crippen molar-refractivity contribution in [3.8, 4) is 0 Å². The van der Waals surface area contributed by atoms with Crippen molar-refractivity contribution < 1.29 is 19.1 Å². The van der Waals surface area contributed by atoms with Gasteiger partial charge in [-0.25, -0.2) is 4.90 Å². The van der Waals surface area contributed by atoms with Crippen LogP contribution in [-0.2, 0) is 16.0 Å². The first kappa shape index (κ1) is 21.8. The number of ether oxygens (including phenoxy) is 1. The van der Waals surface area contributed by atoms with Crippen molar-refractivity contribution in [1.82, 2.24) is 0 Å². The minimum Gasteiger partial charge on any atom is -0.466 e. The Kier molecular flexibility index (Phi) is 6.40. The second-order valence-corrected chi connectivity index (χ2v) is 8.23. The molecule has 2 aromatic rings. The van der Waals surface area contributed by atoms with Gasteiger partial charge >= 0.3 is 5.97 Å². The largest absolute Gasteiger partial charge is 0.466 e. The zero-order chi connectivity index (χ0) is 22.0. The lowest BCUT2D eigenvalue weighted by Crippen LogP contribution is -2.31. The van der Waals surface area contributed by atoms with E-state index >= 15 is 0 Å². The molecule has 0 saturated carbocycles. The van der Waals surface area contributed by atoms with E-state index in [0.717, 1.165) is 16.7 Å². The Morgan fingerprint density at radius 3 is 2.10 bits per heavy atom. The Morgan fingerprint density at radius 2 is 1.53 bits per heavy atom. The number of hydrogen-bond donors (Lipinski definition) is 0. The van der Waals surface area contributed by atoms with E-state index in [-0.39, 0.29) is 36.0 Å². The predicted molar refractivity (Wildman–Crippen MR) is 117 cm³/mol. The summed E-state index contributed by atoms with van der Waals surface area (Å²) in [5.74, 6) is -0.523. The van der Waals surface area contributed by atoms with Crippen LogP contribution < -0.4 is 4.90 Å². The van der Waals surface area contributed by atoms with Gasteiger partial charge in [-0.1, -0.05) is 52.0 Å². The minimum atomic E-state index is -0.303. The molecule has 30 heavy (non-hydrogen) atoms. The lowest BCUT2D eigenvalue weighted by Gasteiger charge is -2.25. The number of aryl methyl sites for hydroxylation is 1. The molecule has 158 valence electrons. The van der Waals surface area contributed by atoms with Crippen LogP contribution in [0.2, 0.25) is 0 Å². The van der Waals surface area contributed by atoms with E-state index in [1.165, 1.54) is 4.90 Å². The van der Waals surface area contributed by atoms with Crippen LogP contribution in [0.3, 0.4) is 0 Å². The van der Waals surface area contributed by atoms with E-state index in [9.17, 15) is 14.4 Å². The highest BCUT2D eigenvalue weighted by Crippen LogP contribution is 2.39. The summed E-state index contributed by atoms with van der Waals surface area (Å²) in [5, 5.41) is 0. The summed E-state index contributed by atoms with van der Waals surface area (Å²) < 4.78 is 4.97. The molecule has 1 heterocycles. The molecule has 1 aliphatic rings. The molecule has 3 rings (SSSR count). The Balaban J connectivity index is 1.99. The van der Waals surface area contributed by atoms with Crippen LogP contribution in [0.25, 0.3) is 0 Å². The lowest BCUT2D eigenvalue weighted by atomic mass is 9.92. The summed E-state index contributed by atoms with van der Waals surface area (Å²) in [4.78, 5) is 39.6. The van der Waals surface area contributed by atoms with Crippen LogP contribution >= 0.6 is 0 Å². The number of carbonyl (C=O) groups excluding carboxylic acids is 3. The molecular weight excluding hydrogens is 378 g/mol. The predicted octanol–water partition coefficient (Wildman–Crippen LogP) is 5.23. The number of esters is 1. The molecule has 0 radical (unpaired) electrons. The molecule has 0 spiro atoms. The fourth-order valence-electron chi connectivity index (χ4n) is 3.90. The molecule has 1 aliphatic heterocycles. The van der Waals surface area contributed by atoms with Crippen LogP contribution in [-0.4, -0.2) is 24.4 Å². The third kappa shape index (κ3) is 4.02. The summed E-state index contributed by atoms with van der Waals surface area (Å²) in [6.07, 6.45) is 0.708. The van der Waals surface area contributed by atoms with Crippen molar-refractivity contribution in [2.24, 2.45) is 0 Å². The van der Waals surface area contributed by atoms with E-state index in [4.69, 9.17) is 4.74 Å². The van der Waals surface area contributed by atoms with E-state index in [1.54, 1.807) is 19.1 Å². The molecule has 0 aromatic heterocycles. The number of benzene rings is 2. The SMILES string of the molecule is CCOC(=O)CCc1ccc2c(c1)C(=O)N(c1c(C(C)C)cccc1C(C)C)C2=O. The van der Waals surface area contributed by atoms with Gasteiger partial charge in [0, 0.05) is 6.42 Å². The topological polar surface area (TPSA) is 63.7 Å². The number of amides is 2. The van der Waals surface area contributed by atoms with Gasteiger partial charge in [0.25, 0.3) is 11.8 Å². The zero-order valence-corrected chi connectivity index (χ0v) is 18.3. The van der Waals surface area contributed by atoms with E-state index in [0.29, 0.717) is 29.8 Å². The fourth-order valence-corrected chi connectivity index (χ4v) is 3.90. The summed E-state index contributed by atoms with van der Waals surface area (Å²) >= 11 is 0. The molecule has 5 nitrogen and oxygen atoms in total. The summed E-state index contributed by atoms with van der Waals surface area (Å²) in [5.41, 5.74) is 4.33. The van der Waals surface area contributed by atoms with Crippen LogP contribution in [0.4, 0.5) is 5.69 Å². The van der Waals surface area contributed by atoms with Gasteiger partial charge in [-0.2, -0.15) is 0 Å². The first-order chi connectivity index (χ1) is 14.3. The maximum Gasteiger partial charge on any atom is 0.306 e. The van der Waals surface area contributed by atoms with Crippen molar-refractivity contribution in [3.05, 3.63) is 64.2 Å². The highest BCUT2D eigenvalue weighted by Gasteiger charge is 2.39. The lowest BCUT2D eigenvalue weighted by molar-refractivity contribution is -0.143. The fraction of sp³-hybridized carbons (Fsp3) is 0.400. The van der Waals surface area contributed by atoms with Crippen LogP contribution in [0.1, 0.15) is 90.3 Å². The van der Waals surface area contributed by atoms with E-state index in [2.05, 4.69) is 27.7 Å². The smallest absolute Gasteiger partial charge is 0.306 e. The van der Waals surface area contributed by atoms with Gasteiger partial charge in [0.05, 0.1) is 23.4 Å². The summed E-state index contributed by atoms with van der Waals surface area (Å²) in [6, 6.07) is 11.2. The Labute approximate surface area is 178 Å².